The van der Waals surface area contributed by atoms with Gasteiger partial charge in [-0.1, -0.05) is 0 Å². The van der Waals surface area contributed by atoms with Gasteiger partial charge in [-0.25, -0.2) is 15.0 Å². The van der Waals surface area contributed by atoms with Gasteiger partial charge in [0.15, 0.2) is 0 Å². The van der Waals surface area contributed by atoms with Crippen LogP contribution in [-0.4, -0.2) is 32.1 Å². The monoisotopic (exact) mass is 269 g/mol. The van der Waals surface area contributed by atoms with E-state index in [2.05, 4.69) is 19.9 Å². The molecule has 2 aromatic rings. The third kappa shape index (κ3) is 1.71. The minimum Gasteiger partial charge on any atom is -0.339 e. The first-order chi connectivity index (χ1) is 9.74. The Bertz CT molecular complexity index is 711. The van der Waals surface area contributed by atoms with Crippen LogP contribution in [0.1, 0.15) is 12.8 Å². The highest BCUT2D eigenvalue weighted by Gasteiger charge is 2.48. The molecule has 0 amide bonds. The third-order valence-electron chi connectivity index (χ3n) is 4.24. The number of rotatable bonds is 2. The summed E-state index contributed by atoms with van der Waals surface area (Å²) in [5, 5.41) is 0. The first kappa shape index (κ1) is 11.6. The van der Waals surface area contributed by atoms with E-state index in [1.54, 1.807) is 23.9 Å². The van der Waals surface area contributed by atoms with Gasteiger partial charge in [0.1, 0.15) is 6.33 Å². The van der Waals surface area contributed by atoms with E-state index in [4.69, 9.17) is 0 Å². The van der Waals surface area contributed by atoms with E-state index in [0.717, 1.165) is 18.4 Å². The van der Waals surface area contributed by atoms with Crippen molar-refractivity contribution in [2.24, 2.45) is 13.0 Å². The van der Waals surface area contributed by atoms with Crippen molar-refractivity contribution < 1.29 is 0 Å². The van der Waals surface area contributed by atoms with E-state index in [1.807, 2.05) is 0 Å². The van der Waals surface area contributed by atoms with Gasteiger partial charge in [-0.15, -0.1) is 0 Å². The van der Waals surface area contributed by atoms with E-state index < -0.39 is 0 Å². The zero-order valence-electron chi connectivity index (χ0n) is 11.2. The molecule has 1 saturated heterocycles. The minimum absolute atomic E-state index is 0.0484. The maximum Gasteiger partial charge on any atom is 0.255 e. The van der Waals surface area contributed by atoms with Gasteiger partial charge < -0.3 is 4.90 Å². The molecule has 2 fully saturated rings. The summed E-state index contributed by atoms with van der Waals surface area (Å²) in [7, 11) is 1.78. The van der Waals surface area contributed by atoms with Crippen LogP contribution in [0.3, 0.4) is 0 Å². The number of fused-ring (bicyclic) bond motifs is 1. The maximum atomic E-state index is 12.2. The van der Waals surface area contributed by atoms with Crippen LogP contribution in [-0.2, 0) is 7.05 Å². The van der Waals surface area contributed by atoms with E-state index in [9.17, 15) is 4.79 Å². The number of aromatic nitrogens is 4. The average Bonchev–Trinajstić information content (AvgIpc) is 3.14. The highest BCUT2D eigenvalue weighted by molar-refractivity contribution is 5.55. The summed E-state index contributed by atoms with van der Waals surface area (Å²) >= 11 is 0. The molecule has 0 aromatic carbocycles. The molecule has 0 bridgehead atoms. The Labute approximate surface area is 116 Å². The fraction of sp³-hybridized carbons (Fsp3) is 0.429. The first-order valence-corrected chi connectivity index (χ1v) is 6.85. The highest BCUT2D eigenvalue weighted by Crippen LogP contribution is 2.45. The second-order valence-corrected chi connectivity index (χ2v) is 5.48. The van der Waals surface area contributed by atoms with E-state index in [1.165, 1.54) is 25.2 Å². The molecule has 102 valence electrons. The molecule has 0 radical (unpaired) electrons. The lowest BCUT2D eigenvalue weighted by Gasteiger charge is -2.22. The fourth-order valence-corrected chi connectivity index (χ4v) is 3.00. The number of nitrogens with zero attached hydrogens (tertiary/aromatic N) is 5. The Balaban J connectivity index is 1.82. The first-order valence-electron chi connectivity index (χ1n) is 6.85. The van der Waals surface area contributed by atoms with Gasteiger partial charge in [0, 0.05) is 31.9 Å². The molecular formula is C14H15N5O. The van der Waals surface area contributed by atoms with Crippen LogP contribution in [0.15, 0.2) is 29.5 Å². The smallest absolute Gasteiger partial charge is 0.255 e. The van der Waals surface area contributed by atoms with E-state index >= 15 is 0 Å². The van der Waals surface area contributed by atoms with Gasteiger partial charge in [0.2, 0.25) is 5.95 Å². The van der Waals surface area contributed by atoms with Crippen molar-refractivity contribution in [1.82, 2.24) is 19.5 Å². The highest BCUT2D eigenvalue weighted by atomic mass is 16.1. The molecule has 1 aliphatic carbocycles. The van der Waals surface area contributed by atoms with Crippen molar-refractivity contribution in [3.05, 3.63) is 35.0 Å². The molecule has 0 spiro atoms. The Morgan fingerprint density at radius 3 is 2.90 bits per heavy atom. The minimum atomic E-state index is -0.0484. The van der Waals surface area contributed by atoms with Gasteiger partial charge in [-0.05, 0) is 24.8 Å². The lowest BCUT2D eigenvalue weighted by molar-refractivity contribution is 0.728. The summed E-state index contributed by atoms with van der Waals surface area (Å²) in [5.74, 6) is 1.56. The summed E-state index contributed by atoms with van der Waals surface area (Å²) in [6, 6.07) is 3.88. The maximum absolute atomic E-state index is 12.2. The van der Waals surface area contributed by atoms with Gasteiger partial charge in [0.25, 0.3) is 5.56 Å². The summed E-state index contributed by atoms with van der Waals surface area (Å²) in [6.07, 6.45) is 5.57. The molecule has 2 unspecified atom stereocenters. The quantitative estimate of drug-likeness (QED) is 0.808. The molecule has 2 aromatic heterocycles. The van der Waals surface area contributed by atoms with Crippen molar-refractivity contribution in [2.45, 2.75) is 18.9 Å². The normalized spacial score (nSPS) is 23.8. The Morgan fingerprint density at radius 1 is 1.35 bits per heavy atom. The van der Waals surface area contributed by atoms with Crippen molar-refractivity contribution in [3.8, 4) is 11.4 Å². The van der Waals surface area contributed by atoms with Crippen molar-refractivity contribution in [2.75, 3.05) is 11.4 Å². The average molecular weight is 269 g/mol. The van der Waals surface area contributed by atoms with Crippen LogP contribution in [0.2, 0.25) is 0 Å². The third-order valence-corrected chi connectivity index (χ3v) is 4.24. The van der Waals surface area contributed by atoms with Crippen molar-refractivity contribution in [1.29, 1.82) is 0 Å². The van der Waals surface area contributed by atoms with Gasteiger partial charge in [0.05, 0.1) is 11.4 Å². The van der Waals surface area contributed by atoms with Crippen LogP contribution in [0, 0.1) is 5.92 Å². The molecule has 3 heterocycles. The van der Waals surface area contributed by atoms with Crippen molar-refractivity contribution in [3.63, 3.8) is 0 Å². The van der Waals surface area contributed by atoms with Gasteiger partial charge in [-0.2, -0.15) is 0 Å². The lowest BCUT2D eigenvalue weighted by atomic mass is 10.3. The zero-order valence-corrected chi connectivity index (χ0v) is 11.2. The zero-order chi connectivity index (χ0) is 13.7. The van der Waals surface area contributed by atoms with Crippen LogP contribution >= 0.6 is 0 Å². The Morgan fingerprint density at radius 2 is 2.25 bits per heavy atom. The van der Waals surface area contributed by atoms with Crippen LogP contribution in [0.25, 0.3) is 11.4 Å². The Kier molecular flexibility index (Phi) is 2.39. The number of piperidine rings is 1. The number of hydrogen-bond acceptors (Lipinski definition) is 5. The molecule has 2 aliphatic rings. The van der Waals surface area contributed by atoms with Gasteiger partial charge >= 0.3 is 0 Å². The summed E-state index contributed by atoms with van der Waals surface area (Å²) < 4.78 is 1.63. The second-order valence-electron chi connectivity index (χ2n) is 5.48. The predicted molar refractivity (Wildman–Crippen MR) is 74.4 cm³/mol. The van der Waals surface area contributed by atoms with E-state index in [0.29, 0.717) is 17.4 Å². The molecule has 4 rings (SSSR count). The largest absolute Gasteiger partial charge is 0.339 e. The SMILES string of the molecule is Cn1c(N2CCC3CC32)nc(-c2ccncn2)cc1=O. The van der Waals surface area contributed by atoms with Crippen molar-refractivity contribution >= 4 is 5.95 Å². The fourth-order valence-electron chi connectivity index (χ4n) is 3.00. The molecular weight excluding hydrogens is 254 g/mol. The second kappa shape index (κ2) is 4.13. The summed E-state index contributed by atoms with van der Waals surface area (Å²) in [5.41, 5.74) is 1.26. The van der Waals surface area contributed by atoms with Crippen LogP contribution in [0.5, 0.6) is 0 Å². The molecule has 6 heteroatoms. The predicted octanol–water partition coefficient (Wildman–Crippen LogP) is 0.836. The molecule has 1 saturated carbocycles. The van der Waals surface area contributed by atoms with Gasteiger partial charge in [-0.3, -0.25) is 9.36 Å². The van der Waals surface area contributed by atoms with E-state index in [-0.39, 0.29) is 5.56 Å². The van der Waals surface area contributed by atoms with Crippen LogP contribution in [0.4, 0.5) is 5.95 Å². The summed E-state index contributed by atoms with van der Waals surface area (Å²) in [4.78, 5) is 27.2. The molecule has 1 aliphatic heterocycles. The Hall–Kier alpha value is -2.24. The topological polar surface area (TPSA) is 63.9 Å². The van der Waals surface area contributed by atoms with Crippen LogP contribution < -0.4 is 10.5 Å². The number of hydrogen-bond donors (Lipinski definition) is 0. The summed E-state index contributed by atoms with van der Waals surface area (Å²) in [6.45, 7) is 0.989. The molecule has 0 N–H and O–H groups in total. The number of anilines is 1. The molecule has 6 nitrogen and oxygen atoms in total. The molecule has 20 heavy (non-hydrogen) atoms. The lowest BCUT2D eigenvalue weighted by Crippen LogP contribution is -2.31. The standard InChI is InChI=1S/C14H15N5O/c1-18-13(20)7-11(10-2-4-15-8-16-10)17-14(18)19-5-3-9-6-12(9)19/h2,4,7-9,12H,3,5-6H2,1H3. The molecule has 2 atom stereocenters.